The Bertz CT molecular complexity index is 1250. The molecule has 30 heavy (non-hydrogen) atoms. The van der Waals surface area contributed by atoms with Crippen molar-refractivity contribution in [3.63, 3.8) is 0 Å². The van der Waals surface area contributed by atoms with E-state index >= 15 is 0 Å². The van der Waals surface area contributed by atoms with E-state index in [1.165, 1.54) is 30.3 Å². The highest BCUT2D eigenvalue weighted by molar-refractivity contribution is 7.92. The molecule has 0 bridgehead atoms. The molecule has 0 spiro atoms. The van der Waals surface area contributed by atoms with Crippen LogP contribution in [0.2, 0.25) is 15.1 Å². The van der Waals surface area contributed by atoms with Gasteiger partial charge < -0.3 is 5.32 Å². The predicted octanol–water partition coefficient (Wildman–Crippen LogP) is 5.98. The molecule has 0 aliphatic carbocycles. The van der Waals surface area contributed by atoms with Crippen LogP contribution in [-0.2, 0) is 10.0 Å². The van der Waals surface area contributed by atoms with E-state index in [1.54, 1.807) is 0 Å². The number of halogens is 5. The highest BCUT2D eigenvalue weighted by Crippen LogP contribution is 2.30. The Morgan fingerprint density at radius 2 is 1.53 bits per heavy atom. The second kappa shape index (κ2) is 8.77. The van der Waals surface area contributed by atoms with Crippen molar-refractivity contribution in [2.75, 3.05) is 10.0 Å². The monoisotopic (exact) mass is 490 g/mol. The second-order valence-corrected chi connectivity index (χ2v) is 8.86. The molecular weight excluding hydrogens is 481 g/mol. The number of carbonyl (C=O) groups excluding carboxylic acids is 1. The molecule has 5 nitrogen and oxygen atoms in total. The summed E-state index contributed by atoms with van der Waals surface area (Å²) in [4.78, 5) is 12.0. The molecule has 11 heteroatoms. The van der Waals surface area contributed by atoms with Gasteiger partial charge in [-0.1, -0.05) is 34.8 Å². The number of nitrogens with one attached hydrogen (secondary N) is 2. The number of carbonyl (C=O) groups is 1. The lowest BCUT2D eigenvalue weighted by Gasteiger charge is -2.13. The molecule has 0 unspecified atom stereocenters. The topological polar surface area (TPSA) is 75.3 Å². The molecule has 0 aliphatic rings. The van der Waals surface area contributed by atoms with Gasteiger partial charge in [0.1, 0.15) is 4.90 Å². The van der Waals surface area contributed by atoms with E-state index in [0.29, 0.717) is 0 Å². The minimum absolute atomic E-state index is 0.0120. The van der Waals surface area contributed by atoms with Gasteiger partial charge in [-0.05, 0) is 48.5 Å². The third-order valence-electron chi connectivity index (χ3n) is 3.83. The summed E-state index contributed by atoms with van der Waals surface area (Å²) in [5, 5.41) is 2.56. The van der Waals surface area contributed by atoms with Crippen LogP contribution in [0, 0.1) is 11.6 Å². The molecule has 0 fully saturated rings. The maximum Gasteiger partial charge on any atom is 0.263 e. The third-order valence-corrected chi connectivity index (χ3v) is 6.24. The zero-order valence-electron chi connectivity index (χ0n) is 14.7. The van der Waals surface area contributed by atoms with Crippen molar-refractivity contribution in [1.82, 2.24) is 0 Å². The summed E-state index contributed by atoms with van der Waals surface area (Å²) < 4.78 is 54.2. The Balaban J connectivity index is 1.91. The number of hydrogen-bond acceptors (Lipinski definition) is 3. The van der Waals surface area contributed by atoms with Gasteiger partial charge in [0.15, 0.2) is 11.6 Å². The summed E-state index contributed by atoms with van der Waals surface area (Å²) in [5.41, 5.74) is -0.0688. The fourth-order valence-corrected chi connectivity index (χ4v) is 4.39. The fourth-order valence-electron chi connectivity index (χ4n) is 2.40. The molecule has 156 valence electrons. The molecule has 0 aliphatic heterocycles. The van der Waals surface area contributed by atoms with E-state index in [0.717, 1.165) is 24.3 Å². The number of sulfonamides is 1. The molecule has 0 atom stereocenters. The molecule has 0 radical (unpaired) electrons. The van der Waals surface area contributed by atoms with Crippen molar-refractivity contribution < 1.29 is 22.0 Å². The zero-order valence-corrected chi connectivity index (χ0v) is 17.8. The van der Waals surface area contributed by atoms with Crippen LogP contribution in [0.25, 0.3) is 0 Å². The first-order valence-corrected chi connectivity index (χ1v) is 10.7. The van der Waals surface area contributed by atoms with Crippen molar-refractivity contribution in [1.29, 1.82) is 0 Å². The SMILES string of the molecule is O=C(Nc1ccc(F)c(F)c1)c1ccc(Cl)c(S(=O)(=O)Nc2cc(Cl)ccc2Cl)c1. The minimum Gasteiger partial charge on any atom is -0.322 e. The van der Waals surface area contributed by atoms with Gasteiger partial charge in [0.2, 0.25) is 0 Å². The lowest BCUT2D eigenvalue weighted by Crippen LogP contribution is -2.17. The van der Waals surface area contributed by atoms with Crippen molar-refractivity contribution >= 4 is 62.1 Å². The highest BCUT2D eigenvalue weighted by atomic mass is 35.5. The largest absolute Gasteiger partial charge is 0.322 e. The van der Waals surface area contributed by atoms with Crippen LogP contribution in [0.1, 0.15) is 10.4 Å². The fraction of sp³-hybridized carbons (Fsp3) is 0. The van der Waals surface area contributed by atoms with E-state index in [-0.39, 0.29) is 32.0 Å². The zero-order chi connectivity index (χ0) is 22.1. The predicted molar refractivity (Wildman–Crippen MR) is 113 cm³/mol. The molecule has 0 heterocycles. The standard InChI is InChI=1S/C19H11Cl3F2N2O3S/c20-11-2-5-13(21)17(8-11)26-30(28,29)18-7-10(1-4-14(18)22)19(27)25-12-3-6-15(23)16(24)9-12/h1-9,26H,(H,25,27). The van der Waals surface area contributed by atoms with Crippen LogP contribution in [0.5, 0.6) is 0 Å². The van der Waals surface area contributed by atoms with Crippen LogP contribution in [0.3, 0.4) is 0 Å². The minimum atomic E-state index is -4.24. The smallest absolute Gasteiger partial charge is 0.263 e. The normalized spacial score (nSPS) is 11.2. The van der Waals surface area contributed by atoms with E-state index in [2.05, 4.69) is 10.0 Å². The van der Waals surface area contributed by atoms with Gasteiger partial charge in [0, 0.05) is 22.3 Å². The van der Waals surface area contributed by atoms with Gasteiger partial charge in [-0.2, -0.15) is 0 Å². The number of anilines is 2. The van der Waals surface area contributed by atoms with Crippen LogP contribution in [-0.4, -0.2) is 14.3 Å². The summed E-state index contributed by atoms with van der Waals surface area (Å²) in [5.74, 6) is -2.97. The lowest BCUT2D eigenvalue weighted by molar-refractivity contribution is 0.102. The first kappa shape index (κ1) is 22.3. The summed E-state index contributed by atoms with van der Waals surface area (Å²) >= 11 is 17.9. The van der Waals surface area contributed by atoms with Crippen molar-refractivity contribution in [3.05, 3.63) is 86.9 Å². The van der Waals surface area contributed by atoms with E-state index < -0.39 is 32.5 Å². The highest BCUT2D eigenvalue weighted by Gasteiger charge is 2.22. The maximum absolute atomic E-state index is 13.3. The molecule has 1 amide bonds. The van der Waals surface area contributed by atoms with E-state index in [4.69, 9.17) is 34.8 Å². The summed E-state index contributed by atoms with van der Waals surface area (Å²) in [6, 6.07) is 10.6. The number of amides is 1. The van der Waals surface area contributed by atoms with E-state index in [9.17, 15) is 22.0 Å². The van der Waals surface area contributed by atoms with Crippen molar-refractivity contribution in [2.45, 2.75) is 4.90 Å². The average Bonchev–Trinajstić information content (AvgIpc) is 2.67. The molecule has 2 N–H and O–H groups in total. The Morgan fingerprint density at radius 1 is 0.833 bits per heavy atom. The average molecular weight is 492 g/mol. The van der Waals surface area contributed by atoms with Gasteiger partial charge in [-0.3, -0.25) is 9.52 Å². The van der Waals surface area contributed by atoms with Gasteiger partial charge in [0.05, 0.1) is 15.7 Å². The first-order chi connectivity index (χ1) is 14.1. The van der Waals surface area contributed by atoms with Gasteiger partial charge in [-0.15, -0.1) is 0 Å². The third kappa shape index (κ3) is 5.02. The van der Waals surface area contributed by atoms with Crippen LogP contribution >= 0.6 is 34.8 Å². The Hall–Kier alpha value is -2.39. The van der Waals surface area contributed by atoms with Crippen LogP contribution < -0.4 is 10.0 Å². The van der Waals surface area contributed by atoms with E-state index in [1.807, 2.05) is 0 Å². The first-order valence-electron chi connectivity index (χ1n) is 8.10. The number of hydrogen-bond donors (Lipinski definition) is 2. The number of benzene rings is 3. The Labute approximate surface area is 185 Å². The van der Waals surface area contributed by atoms with Gasteiger partial charge in [0.25, 0.3) is 15.9 Å². The van der Waals surface area contributed by atoms with Gasteiger partial charge in [-0.25, -0.2) is 17.2 Å². The quantitative estimate of drug-likeness (QED) is 0.461. The Morgan fingerprint density at radius 3 is 2.23 bits per heavy atom. The molecule has 0 saturated heterocycles. The second-order valence-electron chi connectivity index (χ2n) is 5.96. The van der Waals surface area contributed by atoms with Crippen molar-refractivity contribution in [2.24, 2.45) is 0 Å². The number of rotatable bonds is 5. The molecule has 3 rings (SSSR count). The lowest BCUT2D eigenvalue weighted by atomic mass is 10.2. The maximum atomic E-state index is 13.3. The summed E-state index contributed by atoms with van der Waals surface area (Å²) in [7, 11) is -4.24. The summed E-state index contributed by atoms with van der Waals surface area (Å²) in [6.07, 6.45) is 0. The van der Waals surface area contributed by atoms with Crippen LogP contribution in [0.4, 0.5) is 20.2 Å². The molecule has 0 saturated carbocycles. The molecule has 3 aromatic carbocycles. The van der Waals surface area contributed by atoms with Crippen LogP contribution in [0.15, 0.2) is 59.5 Å². The van der Waals surface area contributed by atoms with Gasteiger partial charge >= 0.3 is 0 Å². The molecular formula is C19H11Cl3F2N2O3S. The Kier molecular flexibility index (Phi) is 6.52. The summed E-state index contributed by atoms with van der Waals surface area (Å²) in [6.45, 7) is 0. The molecule has 0 aromatic heterocycles. The molecule has 3 aromatic rings. The van der Waals surface area contributed by atoms with Crippen molar-refractivity contribution in [3.8, 4) is 0 Å².